The molecular formula is C39H76O2SSi2. The summed E-state index contributed by atoms with van der Waals surface area (Å²) in [5.41, 5.74) is 1.42. The highest BCUT2D eigenvalue weighted by Gasteiger charge is 2.35. The van der Waals surface area contributed by atoms with Gasteiger partial charge >= 0.3 is 0 Å². The van der Waals surface area contributed by atoms with Gasteiger partial charge in [0.15, 0.2) is 0 Å². The van der Waals surface area contributed by atoms with Crippen LogP contribution in [0.25, 0.3) is 0 Å². The summed E-state index contributed by atoms with van der Waals surface area (Å²) in [5, 5.41) is 0. The molecule has 44 heavy (non-hydrogen) atoms. The largest absolute Gasteiger partial charge is 0.541 e. The quantitative estimate of drug-likeness (QED) is 0.0581. The van der Waals surface area contributed by atoms with Crippen molar-refractivity contribution in [2.75, 3.05) is 11.5 Å². The SMILES string of the molecule is CCCCCCCCCCCCCCCCCCSCCCc1ccc(O[Si](CC)(CC)CC)c(O[Si](CC)(CC)CC)c1. The van der Waals surface area contributed by atoms with Crippen LogP contribution in [-0.2, 0) is 6.42 Å². The Kier molecular flexibility index (Phi) is 25.2. The first kappa shape index (κ1) is 41.6. The zero-order valence-electron chi connectivity index (χ0n) is 30.8. The van der Waals surface area contributed by atoms with Crippen LogP contribution in [0.2, 0.25) is 36.3 Å². The second-order valence-corrected chi connectivity index (χ2v) is 24.1. The third-order valence-corrected chi connectivity index (χ3v) is 20.6. The van der Waals surface area contributed by atoms with Gasteiger partial charge in [0, 0.05) is 0 Å². The van der Waals surface area contributed by atoms with Crippen molar-refractivity contribution in [2.24, 2.45) is 0 Å². The Morgan fingerprint density at radius 1 is 0.455 bits per heavy atom. The zero-order valence-corrected chi connectivity index (χ0v) is 33.7. The predicted molar refractivity (Wildman–Crippen MR) is 207 cm³/mol. The average Bonchev–Trinajstić information content (AvgIpc) is 3.06. The third-order valence-electron chi connectivity index (χ3n) is 10.4. The molecule has 0 amide bonds. The lowest BCUT2D eigenvalue weighted by molar-refractivity contribution is 0.467. The Labute approximate surface area is 283 Å². The van der Waals surface area contributed by atoms with Gasteiger partial charge in [0.1, 0.15) is 11.5 Å². The van der Waals surface area contributed by atoms with E-state index in [1.54, 1.807) is 0 Å². The van der Waals surface area contributed by atoms with Crippen molar-refractivity contribution in [1.82, 2.24) is 0 Å². The van der Waals surface area contributed by atoms with Crippen molar-refractivity contribution < 1.29 is 8.85 Å². The van der Waals surface area contributed by atoms with E-state index in [0.29, 0.717) is 0 Å². The molecule has 0 spiro atoms. The first-order valence-corrected chi connectivity index (χ1v) is 25.8. The Balaban J connectivity index is 2.29. The monoisotopic (exact) mass is 665 g/mol. The van der Waals surface area contributed by atoms with Gasteiger partial charge in [-0.3, -0.25) is 0 Å². The van der Waals surface area contributed by atoms with E-state index in [9.17, 15) is 0 Å². The molecule has 0 heterocycles. The number of rotatable bonds is 31. The number of unbranched alkanes of at least 4 members (excludes halogenated alkanes) is 15. The summed E-state index contributed by atoms with van der Waals surface area (Å²) in [6.07, 6.45) is 25.5. The van der Waals surface area contributed by atoms with E-state index in [1.807, 2.05) is 0 Å². The van der Waals surface area contributed by atoms with Gasteiger partial charge in [-0.2, -0.15) is 11.8 Å². The summed E-state index contributed by atoms with van der Waals surface area (Å²) in [7, 11) is -3.52. The molecule has 1 aromatic carbocycles. The van der Waals surface area contributed by atoms with Gasteiger partial charge in [0.25, 0.3) is 16.6 Å². The zero-order chi connectivity index (χ0) is 32.4. The highest BCUT2D eigenvalue weighted by atomic mass is 32.2. The number of hydrogen-bond acceptors (Lipinski definition) is 3. The molecule has 258 valence electrons. The number of aryl methyl sites for hydroxylation is 1. The Hall–Kier alpha value is -0.396. The minimum Gasteiger partial charge on any atom is -0.541 e. The molecule has 0 N–H and O–H groups in total. The summed E-state index contributed by atoms with van der Waals surface area (Å²) in [6.45, 7) is 16.2. The van der Waals surface area contributed by atoms with Crippen molar-refractivity contribution >= 4 is 28.4 Å². The van der Waals surface area contributed by atoms with Crippen molar-refractivity contribution in [3.63, 3.8) is 0 Å². The van der Waals surface area contributed by atoms with Crippen LogP contribution < -0.4 is 8.85 Å². The summed E-state index contributed by atoms with van der Waals surface area (Å²) in [6, 6.07) is 13.9. The normalized spacial score (nSPS) is 12.2. The Bertz CT molecular complexity index is 778. The van der Waals surface area contributed by atoms with E-state index >= 15 is 0 Å². The van der Waals surface area contributed by atoms with Gasteiger partial charge in [-0.15, -0.1) is 0 Å². The molecule has 0 unspecified atom stereocenters. The first-order valence-electron chi connectivity index (χ1n) is 19.6. The van der Waals surface area contributed by atoms with E-state index in [0.717, 1.165) is 54.2 Å². The molecular weight excluding hydrogens is 589 g/mol. The molecule has 0 aromatic heterocycles. The minimum absolute atomic E-state index is 1.02. The molecule has 0 saturated heterocycles. The maximum atomic E-state index is 6.98. The number of thioether (sulfide) groups is 1. The molecule has 0 saturated carbocycles. The van der Waals surface area contributed by atoms with E-state index < -0.39 is 16.6 Å². The maximum Gasteiger partial charge on any atom is 0.250 e. The van der Waals surface area contributed by atoms with Crippen LogP contribution >= 0.6 is 11.8 Å². The summed E-state index contributed by atoms with van der Waals surface area (Å²) in [5.74, 6) is 4.67. The molecule has 0 fully saturated rings. The van der Waals surface area contributed by atoms with E-state index in [4.69, 9.17) is 8.85 Å². The molecule has 0 atom stereocenters. The van der Waals surface area contributed by atoms with Gasteiger partial charge in [0.2, 0.25) is 0 Å². The molecule has 0 bridgehead atoms. The average molecular weight is 665 g/mol. The fraction of sp³-hybridized carbons (Fsp3) is 0.846. The third kappa shape index (κ3) is 17.5. The molecule has 5 heteroatoms. The summed E-state index contributed by atoms with van der Waals surface area (Å²) in [4.78, 5) is 0. The number of hydrogen-bond donors (Lipinski definition) is 0. The van der Waals surface area contributed by atoms with E-state index in [2.05, 4.69) is 78.4 Å². The highest BCUT2D eigenvalue weighted by molar-refractivity contribution is 7.99. The van der Waals surface area contributed by atoms with Crippen LogP contribution in [0.5, 0.6) is 11.5 Å². The van der Waals surface area contributed by atoms with Gasteiger partial charge in [-0.25, -0.2) is 0 Å². The lowest BCUT2D eigenvalue weighted by atomic mass is 10.0. The number of benzene rings is 1. The molecule has 0 aliphatic carbocycles. The van der Waals surface area contributed by atoms with Crippen molar-refractivity contribution in [2.45, 2.75) is 200 Å². The van der Waals surface area contributed by atoms with Crippen molar-refractivity contribution in [3.8, 4) is 11.5 Å². The second kappa shape index (κ2) is 26.6. The lowest BCUT2D eigenvalue weighted by Crippen LogP contribution is -2.41. The molecule has 0 aliphatic rings. The standard InChI is InChI=1S/C39H76O2SSi2/c1-8-15-16-17-18-19-20-21-22-23-24-25-26-27-28-29-34-42-35-30-31-37-32-33-38(40-43(9-2,10-3)11-4)39(36-37)41-44(12-5,13-6)14-7/h32-33,36H,8-31,34-35H2,1-7H3. The van der Waals surface area contributed by atoms with Gasteiger partial charge in [-0.05, 0) is 84.7 Å². The second-order valence-electron chi connectivity index (χ2n) is 13.5. The highest BCUT2D eigenvalue weighted by Crippen LogP contribution is 2.37. The smallest absolute Gasteiger partial charge is 0.250 e. The van der Waals surface area contributed by atoms with Crippen molar-refractivity contribution in [1.29, 1.82) is 0 Å². The van der Waals surface area contributed by atoms with E-state index in [1.165, 1.54) is 126 Å². The molecule has 1 rings (SSSR count). The first-order chi connectivity index (χ1) is 21.5. The molecule has 0 radical (unpaired) electrons. The molecule has 0 aliphatic heterocycles. The van der Waals surface area contributed by atoms with Crippen LogP contribution in [0.1, 0.15) is 163 Å². The van der Waals surface area contributed by atoms with Crippen LogP contribution in [-0.4, -0.2) is 28.1 Å². The van der Waals surface area contributed by atoms with Crippen LogP contribution in [0, 0.1) is 0 Å². The fourth-order valence-corrected chi connectivity index (χ4v) is 12.6. The fourth-order valence-electron chi connectivity index (χ4n) is 6.50. The van der Waals surface area contributed by atoms with Gasteiger partial charge in [-0.1, -0.05) is 151 Å². The topological polar surface area (TPSA) is 18.5 Å². The van der Waals surface area contributed by atoms with Crippen LogP contribution in [0.3, 0.4) is 0 Å². The predicted octanol–water partition coefficient (Wildman–Crippen LogP) is 14.4. The van der Waals surface area contributed by atoms with E-state index in [-0.39, 0.29) is 0 Å². The molecule has 1 aromatic rings. The van der Waals surface area contributed by atoms with Crippen LogP contribution in [0.4, 0.5) is 0 Å². The van der Waals surface area contributed by atoms with Gasteiger partial charge < -0.3 is 8.85 Å². The minimum atomic E-state index is -1.77. The van der Waals surface area contributed by atoms with Crippen molar-refractivity contribution in [3.05, 3.63) is 23.8 Å². The van der Waals surface area contributed by atoms with Gasteiger partial charge in [0.05, 0.1) is 0 Å². The summed E-state index contributed by atoms with van der Waals surface area (Å²) >= 11 is 2.16. The Morgan fingerprint density at radius 3 is 1.27 bits per heavy atom. The maximum absolute atomic E-state index is 6.98. The molecule has 2 nitrogen and oxygen atoms in total. The Morgan fingerprint density at radius 2 is 0.841 bits per heavy atom. The lowest BCUT2D eigenvalue weighted by Gasteiger charge is -2.34. The van der Waals surface area contributed by atoms with Crippen LogP contribution in [0.15, 0.2) is 18.2 Å². The summed E-state index contributed by atoms with van der Waals surface area (Å²) < 4.78 is 13.9.